The van der Waals surface area contributed by atoms with Crippen LogP contribution in [-0.4, -0.2) is 66.8 Å². The molecule has 0 bridgehead atoms. The van der Waals surface area contributed by atoms with Crippen molar-refractivity contribution < 1.29 is 35.9 Å². The van der Waals surface area contributed by atoms with Crippen LogP contribution in [0.1, 0.15) is 43.4 Å². The number of ether oxygens (including phenoxy) is 2. The second kappa shape index (κ2) is 12.9. The molecule has 0 aliphatic carbocycles. The van der Waals surface area contributed by atoms with Gasteiger partial charge < -0.3 is 18.9 Å². The van der Waals surface area contributed by atoms with Crippen LogP contribution in [0.3, 0.4) is 0 Å². The molecular weight excluding hydrogens is 577 g/mol. The van der Waals surface area contributed by atoms with E-state index in [-0.39, 0.29) is 36.6 Å². The van der Waals surface area contributed by atoms with Crippen LogP contribution >= 0.6 is 0 Å². The smallest absolute Gasteiger partial charge is 0.433 e. The number of halogens is 3. The first-order chi connectivity index (χ1) is 19.9. The first-order valence-electron chi connectivity index (χ1n) is 13.3. The molecule has 10 nitrogen and oxygen atoms in total. The van der Waals surface area contributed by atoms with Crippen molar-refractivity contribution in [3.8, 4) is 22.8 Å². The molecule has 1 aromatic carbocycles. The highest BCUT2D eigenvalue weighted by Crippen LogP contribution is 2.32. The number of piperidine rings is 1. The Hall–Kier alpha value is -3.94. The van der Waals surface area contributed by atoms with Gasteiger partial charge in [0, 0.05) is 37.3 Å². The third-order valence-corrected chi connectivity index (χ3v) is 8.43. The van der Waals surface area contributed by atoms with Gasteiger partial charge >= 0.3 is 6.18 Å². The lowest BCUT2D eigenvalue weighted by molar-refractivity contribution is -0.141. The molecule has 1 aliphatic rings. The van der Waals surface area contributed by atoms with Gasteiger partial charge in [0.1, 0.15) is 5.69 Å². The first-order valence-corrected chi connectivity index (χ1v) is 14.9. The highest BCUT2D eigenvalue weighted by molar-refractivity contribution is 7.91. The largest absolute Gasteiger partial charge is 0.493 e. The number of sulfone groups is 1. The molecule has 0 spiro atoms. The summed E-state index contributed by atoms with van der Waals surface area (Å²) in [5.41, 5.74) is -1.47. The van der Waals surface area contributed by atoms with Crippen molar-refractivity contribution in [1.82, 2.24) is 19.4 Å². The van der Waals surface area contributed by atoms with Crippen LogP contribution in [0.15, 0.2) is 52.5 Å². The molecule has 42 heavy (non-hydrogen) atoms. The van der Waals surface area contributed by atoms with E-state index in [1.54, 1.807) is 23.1 Å². The normalized spacial score (nSPS) is 14.1. The summed E-state index contributed by atoms with van der Waals surface area (Å²) in [6.07, 6.45) is -0.995. The van der Waals surface area contributed by atoms with Crippen LogP contribution < -0.4 is 15.0 Å². The fourth-order valence-electron chi connectivity index (χ4n) is 4.65. The van der Waals surface area contributed by atoms with Crippen molar-refractivity contribution in [2.45, 2.75) is 50.0 Å². The first kappa shape index (κ1) is 31.0. The summed E-state index contributed by atoms with van der Waals surface area (Å²) in [6, 6.07) is 8.08. The van der Waals surface area contributed by atoms with Gasteiger partial charge in [0.2, 0.25) is 20.9 Å². The summed E-state index contributed by atoms with van der Waals surface area (Å²) in [7, 11) is -1.43. The number of hydrogen-bond donors (Lipinski definition) is 0. The number of hydrogen-bond acceptors (Lipinski definition) is 8. The molecule has 226 valence electrons. The summed E-state index contributed by atoms with van der Waals surface area (Å²) in [6.45, 7) is 1.26. The maximum atomic E-state index is 13.8. The zero-order chi connectivity index (χ0) is 30.5. The number of pyridine rings is 1. The average molecular weight is 609 g/mol. The maximum absolute atomic E-state index is 13.8. The number of methoxy groups -OCH3 is 2. The molecule has 3 aromatic rings. The number of carbonyl (C=O) groups is 1. The molecule has 1 amide bonds. The molecule has 0 saturated carbocycles. The van der Waals surface area contributed by atoms with Gasteiger partial charge in [-0.05, 0) is 55.5 Å². The number of rotatable bonds is 10. The van der Waals surface area contributed by atoms with Crippen molar-refractivity contribution in [3.63, 3.8) is 0 Å². The van der Waals surface area contributed by atoms with Crippen molar-refractivity contribution in [2.24, 2.45) is 0 Å². The average Bonchev–Trinajstić information content (AvgIpc) is 2.97. The lowest BCUT2D eigenvalue weighted by Crippen LogP contribution is -2.35. The van der Waals surface area contributed by atoms with Gasteiger partial charge in [-0.15, -0.1) is 0 Å². The van der Waals surface area contributed by atoms with Crippen molar-refractivity contribution in [2.75, 3.05) is 33.1 Å². The Morgan fingerprint density at radius 1 is 0.976 bits per heavy atom. The Kier molecular flexibility index (Phi) is 9.54. The minimum atomic E-state index is -4.96. The number of alkyl halides is 3. The SMILES string of the molecule is COc1ccc(Cn2cc(-c3cc(C(F)(F)F)nc(S(=O)(=O)CCCC(=O)N4CCCCC4)n3)ccc2=O)cc1OC. The van der Waals surface area contributed by atoms with Crippen LogP contribution in [0.4, 0.5) is 13.2 Å². The molecule has 0 radical (unpaired) electrons. The van der Waals surface area contributed by atoms with E-state index in [9.17, 15) is 31.2 Å². The van der Waals surface area contributed by atoms with Gasteiger partial charge in [-0.2, -0.15) is 13.2 Å². The summed E-state index contributed by atoms with van der Waals surface area (Å²) in [5.74, 6) is 0.128. The van der Waals surface area contributed by atoms with E-state index in [2.05, 4.69) is 9.97 Å². The zero-order valence-electron chi connectivity index (χ0n) is 23.2. The van der Waals surface area contributed by atoms with E-state index in [0.717, 1.165) is 25.3 Å². The van der Waals surface area contributed by atoms with Crippen LogP contribution in [0.25, 0.3) is 11.3 Å². The Morgan fingerprint density at radius 3 is 2.36 bits per heavy atom. The molecule has 1 saturated heterocycles. The fraction of sp³-hybridized carbons (Fsp3) is 0.429. The molecule has 2 aromatic heterocycles. The lowest BCUT2D eigenvalue weighted by atomic mass is 10.1. The molecular formula is C28H31F3N4O6S. The highest BCUT2D eigenvalue weighted by Gasteiger charge is 2.35. The molecule has 0 atom stereocenters. The van der Waals surface area contributed by atoms with E-state index in [4.69, 9.17) is 9.47 Å². The van der Waals surface area contributed by atoms with Crippen molar-refractivity contribution in [3.05, 3.63) is 64.2 Å². The predicted octanol–water partition coefficient (Wildman–Crippen LogP) is 3.96. The summed E-state index contributed by atoms with van der Waals surface area (Å²) in [5, 5.41) is -0.990. The number of benzene rings is 1. The summed E-state index contributed by atoms with van der Waals surface area (Å²) >= 11 is 0. The number of aromatic nitrogens is 3. The number of likely N-dealkylation sites (tertiary alicyclic amines) is 1. The van der Waals surface area contributed by atoms with Gasteiger partial charge in [0.15, 0.2) is 11.5 Å². The topological polar surface area (TPSA) is 121 Å². The van der Waals surface area contributed by atoms with Crippen LogP contribution in [-0.2, 0) is 27.4 Å². The monoisotopic (exact) mass is 608 g/mol. The molecule has 14 heteroatoms. The molecule has 1 fully saturated rings. The second-order valence-electron chi connectivity index (χ2n) is 9.86. The van der Waals surface area contributed by atoms with Gasteiger partial charge in [0.25, 0.3) is 5.56 Å². The predicted molar refractivity (Wildman–Crippen MR) is 147 cm³/mol. The standard InChI is InChI=1S/C28H31F3N4O6S/c1-40-22-10-8-19(15-23(22)41-2)17-35-18-20(9-11-26(35)37)21-16-24(28(29,30)31)33-27(32-21)42(38,39)14-6-7-25(36)34-12-4-3-5-13-34/h8-11,15-16,18H,3-7,12-14,17H2,1-2H3. The second-order valence-corrected chi connectivity index (χ2v) is 11.9. The Bertz CT molecular complexity index is 1600. The fourth-order valence-corrected chi connectivity index (χ4v) is 5.83. The third kappa shape index (κ3) is 7.46. The molecule has 3 heterocycles. The Balaban J connectivity index is 1.61. The van der Waals surface area contributed by atoms with E-state index >= 15 is 0 Å². The molecule has 0 unspecified atom stereocenters. The highest BCUT2D eigenvalue weighted by atomic mass is 32.2. The van der Waals surface area contributed by atoms with Crippen LogP contribution in [0.5, 0.6) is 11.5 Å². The van der Waals surface area contributed by atoms with Crippen molar-refractivity contribution in [1.29, 1.82) is 0 Å². The Morgan fingerprint density at radius 2 is 1.69 bits per heavy atom. The summed E-state index contributed by atoms with van der Waals surface area (Å²) in [4.78, 5) is 34.0. The van der Waals surface area contributed by atoms with Gasteiger partial charge in [-0.1, -0.05) is 6.07 Å². The molecule has 0 N–H and O–H groups in total. The van der Waals surface area contributed by atoms with Gasteiger partial charge in [-0.25, -0.2) is 18.4 Å². The Labute approximate surface area is 241 Å². The van der Waals surface area contributed by atoms with Crippen LogP contribution in [0, 0.1) is 0 Å². The minimum Gasteiger partial charge on any atom is -0.493 e. The minimum absolute atomic E-state index is 0.0421. The third-order valence-electron chi connectivity index (χ3n) is 6.87. The molecule has 4 rings (SSSR count). The maximum Gasteiger partial charge on any atom is 0.433 e. The number of nitrogens with zero attached hydrogens (tertiary/aromatic N) is 4. The quantitative estimate of drug-likeness (QED) is 0.317. The van der Waals surface area contributed by atoms with Gasteiger partial charge in [-0.3, -0.25) is 9.59 Å². The van der Waals surface area contributed by atoms with E-state index in [1.807, 2.05) is 0 Å². The van der Waals surface area contributed by atoms with E-state index in [0.29, 0.717) is 36.2 Å². The van der Waals surface area contributed by atoms with Crippen molar-refractivity contribution >= 4 is 15.7 Å². The van der Waals surface area contributed by atoms with Gasteiger partial charge in [0.05, 0.1) is 32.2 Å². The van der Waals surface area contributed by atoms with Crippen LogP contribution in [0.2, 0.25) is 0 Å². The number of amides is 1. The summed E-state index contributed by atoms with van der Waals surface area (Å²) < 4.78 is 79.1. The van der Waals surface area contributed by atoms with E-state index < -0.39 is 38.2 Å². The lowest BCUT2D eigenvalue weighted by Gasteiger charge is -2.26. The number of carbonyl (C=O) groups excluding carboxylic acids is 1. The van der Waals surface area contributed by atoms with E-state index in [1.165, 1.54) is 31.0 Å². The molecule has 1 aliphatic heterocycles. The zero-order valence-corrected chi connectivity index (χ0v) is 24.0.